The molecule has 3 heterocycles. The molecule has 0 N–H and O–H groups in total. The van der Waals surface area contributed by atoms with Crippen LogP contribution in [0.1, 0.15) is 37.8 Å². The quantitative estimate of drug-likeness (QED) is 0.847. The van der Waals surface area contributed by atoms with Crippen molar-refractivity contribution in [3.8, 4) is 0 Å². The van der Waals surface area contributed by atoms with E-state index in [1.54, 1.807) is 4.90 Å². The van der Waals surface area contributed by atoms with Crippen molar-refractivity contribution in [1.82, 2.24) is 14.9 Å². The SMILES string of the molecule is O=C1CCCCN1CC1CCN(c2nccc(C(F)(F)F)n2)CC1. The first-order valence-corrected chi connectivity index (χ1v) is 8.36. The minimum absolute atomic E-state index is 0.136. The van der Waals surface area contributed by atoms with E-state index in [9.17, 15) is 18.0 Å². The van der Waals surface area contributed by atoms with E-state index in [0.29, 0.717) is 25.4 Å². The predicted octanol–water partition coefficient (Wildman–Crippen LogP) is 2.72. The fraction of sp³-hybridized carbons (Fsp3) is 0.688. The maximum Gasteiger partial charge on any atom is 0.433 e. The van der Waals surface area contributed by atoms with E-state index in [1.807, 2.05) is 4.90 Å². The Morgan fingerprint density at radius 1 is 1.17 bits per heavy atom. The zero-order valence-electron chi connectivity index (χ0n) is 13.4. The van der Waals surface area contributed by atoms with Crippen molar-refractivity contribution in [2.45, 2.75) is 38.3 Å². The smallest absolute Gasteiger partial charge is 0.342 e. The van der Waals surface area contributed by atoms with Crippen molar-refractivity contribution in [3.05, 3.63) is 18.0 Å². The average Bonchev–Trinajstić information content (AvgIpc) is 2.57. The number of likely N-dealkylation sites (tertiary alicyclic amines) is 1. The van der Waals surface area contributed by atoms with Crippen LogP contribution < -0.4 is 4.90 Å². The molecule has 0 spiro atoms. The Morgan fingerprint density at radius 2 is 1.92 bits per heavy atom. The van der Waals surface area contributed by atoms with Crippen LogP contribution in [0.15, 0.2) is 12.3 Å². The van der Waals surface area contributed by atoms with Gasteiger partial charge in [-0.1, -0.05) is 0 Å². The van der Waals surface area contributed by atoms with Gasteiger partial charge in [-0.15, -0.1) is 0 Å². The summed E-state index contributed by atoms with van der Waals surface area (Å²) in [6.45, 7) is 2.83. The van der Waals surface area contributed by atoms with Gasteiger partial charge < -0.3 is 9.80 Å². The first-order chi connectivity index (χ1) is 11.4. The Balaban J connectivity index is 1.56. The summed E-state index contributed by atoms with van der Waals surface area (Å²) in [5, 5.41) is 0. The Bertz CT molecular complexity index is 585. The minimum atomic E-state index is -4.45. The van der Waals surface area contributed by atoms with Gasteiger partial charge in [0.2, 0.25) is 11.9 Å². The average molecular weight is 342 g/mol. The summed E-state index contributed by atoms with van der Waals surface area (Å²) >= 11 is 0. The molecule has 0 bridgehead atoms. The van der Waals surface area contributed by atoms with Gasteiger partial charge in [-0.3, -0.25) is 4.79 Å². The summed E-state index contributed by atoms with van der Waals surface area (Å²) < 4.78 is 38.2. The fourth-order valence-corrected chi connectivity index (χ4v) is 3.34. The molecular formula is C16H21F3N4O. The van der Waals surface area contributed by atoms with Crippen LogP contribution >= 0.6 is 0 Å². The molecular weight excluding hydrogens is 321 g/mol. The van der Waals surface area contributed by atoms with E-state index >= 15 is 0 Å². The summed E-state index contributed by atoms with van der Waals surface area (Å²) in [6.07, 6.45) is 1.04. The normalized spacial score (nSPS) is 20.5. The summed E-state index contributed by atoms with van der Waals surface area (Å²) in [5.74, 6) is 0.760. The third-order valence-corrected chi connectivity index (χ3v) is 4.73. The Morgan fingerprint density at radius 3 is 2.58 bits per heavy atom. The van der Waals surface area contributed by atoms with E-state index in [4.69, 9.17) is 0 Å². The van der Waals surface area contributed by atoms with Crippen LogP contribution in [0.2, 0.25) is 0 Å². The van der Waals surface area contributed by atoms with E-state index in [-0.39, 0.29) is 11.9 Å². The lowest BCUT2D eigenvalue weighted by Gasteiger charge is -2.36. The van der Waals surface area contributed by atoms with E-state index in [0.717, 1.165) is 51.0 Å². The van der Waals surface area contributed by atoms with Gasteiger partial charge >= 0.3 is 6.18 Å². The number of aromatic nitrogens is 2. The summed E-state index contributed by atoms with van der Waals surface area (Å²) in [5.41, 5.74) is -0.909. The molecule has 0 aliphatic carbocycles. The maximum absolute atomic E-state index is 12.7. The molecule has 0 atom stereocenters. The molecule has 0 aromatic carbocycles. The van der Waals surface area contributed by atoms with Crippen LogP contribution in [0.4, 0.5) is 19.1 Å². The van der Waals surface area contributed by atoms with Crippen molar-refractivity contribution in [1.29, 1.82) is 0 Å². The molecule has 0 saturated carbocycles. The second-order valence-corrected chi connectivity index (χ2v) is 6.47. The lowest BCUT2D eigenvalue weighted by molar-refractivity contribution is -0.141. The number of carbonyl (C=O) groups is 1. The van der Waals surface area contributed by atoms with Crippen molar-refractivity contribution in [2.24, 2.45) is 5.92 Å². The number of hydrogen-bond donors (Lipinski definition) is 0. The molecule has 1 aromatic rings. The third kappa shape index (κ3) is 3.96. The topological polar surface area (TPSA) is 49.3 Å². The molecule has 2 saturated heterocycles. The standard InChI is InChI=1S/C16H21F3N4O/c17-16(18,19)13-4-7-20-15(21-13)22-9-5-12(6-10-22)11-23-8-2-1-3-14(23)24/h4,7,12H,1-3,5-6,8-11H2. The van der Waals surface area contributed by atoms with Crippen LogP contribution in [0, 0.1) is 5.92 Å². The second kappa shape index (κ2) is 6.94. The van der Waals surface area contributed by atoms with Gasteiger partial charge in [0.25, 0.3) is 0 Å². The van der Waals surface area contributed by atoms with Crippen LogP contribution in [0.5, 0.6) is 0 Å². The molecule has 132 valence electrons. The number of alkyl halides is 3. The largest absolute Gasteiger partial charge is 0.433 e. The molecule has 0 radical (unpaired) electrons. The van der Waals surface area contributed by atoms with Gasteiger partial charge in [0.15, 0.2) is 0 Å². The molecule has 5 nitrogen and oxygen atoms in total. The number of halogens is 3. The van der Waals surface area contributed by atoms with E-state index < -0.39 is 11.9 Å². The van der Waals surface area contributed by atoms with Gasteiger partial charge in [0, 0.05) is 38.8 Å². The van der Waals surface area contributed by atoms with Crippen LogP contribution in [-0.4, -0.2) is 47.0 Å². The molecule has 2 fully saturated rings. The van der Waals surface area contributed by atoms with Gasteiger partial charge in [-0.2, -0.15) is 13.2 Å². The Labute approximate surface area is 138 Å². The molecule has 3 rings (SSSR count). The Hall–Kier alpha value is -1.86. The van der Waals surface area contributed by atoms with Gasteiger partial charge in [0.1, 0.15) is 5.69 Å². The number of anilines is 1. The first kappa shape index (κ1) is 17.0. The number of amides is 1. The van der Waals surface area contributed by atoms with Crippen molar-refractivity contribution >= 4 is 11.9 Å². The highest BCUT2D eigenvalue weighted by Gasteiger charge is 2.33. The second-order valence-electron chi connectivity index (χ2n) is 6.47. The number of hydrogen-bond acceptors (Lipinski definition) is 4. The molecule has 1 amide bonds. The van der Waals surface area contributed by atoms with Crippen molar-refractivity contribution < 1.29 is 18.0 Å². The highest BCUT2D eigenvalue weighted by atomic mass is 19.4. The van der Waals surface area contributed by atoms with Crippen molar-refractivity contribution in [2.75, 3.05) is 31.1 Å². The van der Waals surface area contributed by atoms with Crippen molar-refractivity contribution in [3.63, 3.8) is 0 Å². The highest BCUT2D eigenvalue weighted by Crippen LogP contribution is 2.29. The first-order valence-electron chi connectivity index (χ1n) is 8.36. The molecule has 0 unspecified atom stereocenters. The lowest BCUT2D eigenvalue weighted by Crippen LogP contribution is -2.43. The van der Waals surface area contributed by atoms with Crippen LogP contribution in [0.3, 0.4) is 0 Å². The third-order valence-electron chi connectivity index (χ3n) is 4.73. The molecule has 8 heteroatoms. The molecule has 2 aliphatic heterocycles. The monoisotopic (exact) mass is 342 g/mol. The maximum atomic E-state index is 12.7. The molecule has 2 aliphatic rings. The summed E-state index contributed by atoms with van der Waals surface area (Å²) in [7, 11) is 0. The van der Waals surface area contributed by atoms with Gasteiger partial charge in [-0.05, 0) is 37.7 Å². The van der Waals surface area contributed by atoms with Crippen LogP contribution in [0.25, 0.3) is 0 Å². The lowest BCUT2D eigenvalue weighted by atomic mass is 9.95. The zero-order chi connectivity index (χ0) is 17.2. The van der Waals surface area contributed by atoms with Gasteiger partial charge in [-0.25, -0.2) is 9.97 Å². The molecule has 1 aromatic heterocycles. The number of nitrogens with zero attached hydrogens (tertiary/aromatic N) is 4. The highest BCUT2D eigenvalue weighted by molar-refractivity contribution is 5.76. The number of piperidine rings is 2. The van der Waals surface area contributed by atoms with E-state index in [2.05, 4.69) is 9.97 Å². The summed E-state index contributed by atoms with van der Waals surface area (Å²) in [4.78, 5) is 23.2. The number of rotatable bonds is 3. The minimum Gasteiger partial charge on any atom is -0.342 e. The summed E-state index contributed by atoms with van der Waals surface area (Å²) in [6, 6.07) is 0.887. The molecule has 24 heavy (non-hydrogen) atoms. The predicted molar refractivity (Wildman–Crippen MR) is 82.4 cm³/mol. The van der Waals surface area contributed by atoms with E-state index in [1.165, 1.54) is 0 Å². The fourth-order valence-electron chi connectivity index (χ4n) is 3.34. The van der Waals surface area contributed by atoms with Crippen LogP contribution in [-0.2, 0) is 11.0 Å². The Kier molecular flexibility index (Phi) is 4.91. The number of carbonyl (C=O) groups excluding carboxylic acids is 1. The zero-order valence-corrected chi connectivity index (χ0v) is 13.4. The van der Waals surface area contributed by atoms with Gasteiger partial charge in [0.05, 0.1) is 0 Å².